The van der Waals surface area contributed by atoms with Crippen LogP contribution in [0.25, 0.3) is 0 Å². The molecule has 0 aromatic heterocycles. The summed E-state index contributed by atoms with van der Waals surface area (Å²) in [6, 6.07) is 15.3. The molecule has 2 aromatic carbocycles. The number of para-hydroxylation sites is 2. The number of carbonyl (C=O) groups is 1. The third-order valence-corrected chi connectivity index (χ3v) is 2.88. The van der Waals surface area contributed by atoms with Gasteiger partial charge in [-0.1, -0.05) is 36.4 Å². The summed E-state index contributed by atoms with van der Waals surface area (Å²) in [7, 11) is 0. The summed E-state index contributed by atoms with van der Waals surface area (Å²) in [4.78, 5) is 11.7. The molecule has 2 aromatic rings. The van der Waals surface area contributed by atoms with Crippen LogP contribution >= 0.6 is 0 Å². The number of carbonyl (C=O) groups excluding carboxylic acids is 1. The Bertz CT molecular complexity index is 562. The van der Waals surface area contributed by atoms with Crippen molar-refractivity contribution >= 4 is 11.6 Å². The van der Waals surface area contributed by atoms with Crippen LogP contribution in [0.2, 0.25) is 0 Å². The van der Waals surface area contributed by atoms with Crippen LogP contribution < -0.4 is 15.6 Å². The number of benzene rings is 2. The molecular formula is C16H18N2O2. The molecule has 0 radical (unpaired) electrons. The Morgan fingerprint density at radius 3 is 2.30 bits per heavy atom. The highest BCUT2D eigenvalue weighted by Crippen LogP contribution is 2.21. The Kier molecular flexibility index (Phi) is 4.60. The standard InChI is InChI=1S/C16H18N2O2/c1-12-7-6-8-13(2)16(12)20-11-15(19)18-17-14-9-4-3-5-10-14/h3-10,17H,11H2,1-2H3,(H,18,19). The van der Waals surface area contributed by atoms with Gasteiger partial charge in [-0.15, -0.1) is 0 Å². The number of hydrazine groups is 1. The van der Waals surface area contributed by atoms with Gasteiger partial charge >= 0.3 is 0 Å². The van der Waals surface area contributed by atoms with E-state index in [1.54, 1.807) is 0 Å². The molecule has 20 heavy (non-hydrogen) atoms. The van der Waals surface area contributed by atoms with Gasteiger partial charge in [0.25, 0.3) is 5.91 Å². The van der Waals surface area contributed by atoms with Crippen LogP contribution in [0.3, 0.4) is 0 Å². The second-order valence-corrected chi connectivity index (χ2v) is 4.55. The minimum Gasteiger partial charge on any atom is -0.483 e. The summed E-state index contributed by atoms with van der Waals surface area (Å²) in [6.45, 7) is 3.90. The monoisotopic (exact) mass is 270 g/mol. The average molecular weight is 270 g/mol. The highest BCUT2D eigenvalue weighted by Gasteiger charge is 2.06. The largest absolute Gasteiger partial charge is 0.483 e. The highest BCUT2D eigenvalue weighted by molar-refractivity contribution is 5.79. The van der Waals surface area contributed by atoms with Gasteiger partial charge in [-0.2, -0.15) is 0 Å². The first-order chi connectivity index (χ1) is 9.66. The Morgan fingerprint density at radius 2 is 1.65 bits per heavy atom. The lowest BCUT2D eigenvalue weighted by Crippen LogP contribution is -2.33. The summed E-state index contributed by atoms with van der Waals surface area (Å²) >= 11 is 0. The fourth-order valence-corrected chi connectivity index (χ4v) is 1.86. The molecule has 0 fully saturated rings. The van der Waals surface area contributed by atoms with E-state index in [-0.39, 0.29) is 12.5 Å². The summed E-state index contributed by atoms with van der Waals surface area (Å²) < 4.78 is 5.57. The molecule has 2 rings (SSSR count). The molecule has 0 aliphatic heterocycles. The van der Waals surface area contributed by atoms with Crippen LogP contribution in [0.1, 0.15) is 11.1 Å². The Morgan fingerprint density at radius 1 is 1.00 bits per heavy atom. The molecule has 0 spiro atoms. The summed E-state index contributed by atoms with van der Waals surface area (Å²) in [6.07, 6.45) is 0. The molecular weight excluding hydrogens is 252 g/mol. The van der Waals surface area contributed by atoms with Crippen LogP contribution in [-0.4, -0.2) is 12.5 Å². The molecule has 4 heteroatoms. The summed E-state index contributed by atoms with van der Waals surface area (Å²) in [5.41, 5.74) is 8.30. The second-order valence-electron chi connectivity index (χ2n) is 4.55. The van der Waals surface area contributed by atoms with Crippen LogP contribution in [-0.2, 0) is 4.79 Å². The van der Waals surface area contributed by atoms with Crippen molar-refractivity contribution in [3.05, 3.63) is 59.7 Å². The normalized spacial score (nSPS) is 9.90. The fourth-order valence-electron chi connectivity index (χ4n) is 1.86. The third-order valence-electron chi connectivity index (χ3n) is 2.88. The van der Waals surface area contributed by atoms with E-state index in [1.807, 2.05) is 62.4 Å². The molecule has 0 saturated heterocycles. The van der Waals surface area contributed by atoms with Crippen molar-refractivity contribution < 1.29 is 9.53 Å². The van der Waals surface area contributed by atoms with Crippen molar-refractivity contribution in [2.45, 2.75) is 13.8 Å². The molecule has 0 aliphatic rings. The van der Waals surface area contributed by atoms with Crippen molar-refractivity contribution in [2.24, 2.45) is 0 Å². The van der Waals surface area contributed by atoms with E-state index in [4.69, 9.17) is 4.74 Å². The molecule has 2 N–H and O–H groups in total. The van der Waals surface area contributed by atoms with E-state index < -0.39 is 0 Å². The first kappa shape index (κ1) is 13.9. The number of hydrogen-bond donors (Lipinski definition) is 2. The maximum Gasteiger partial charge on any atom is 0.276 e. The number of rotatable bonds is 5. The van der Waals surface area contributed by atoms with E-state index in [0.717, 1.165) is 22.6 Å². The van der Waals surface area contributed by atoms with Gasteiger partial charge in [0.2, 0.25) is 0 Å². The zero-order valence-corrected chi connectivity index (χ0v) is 11.6. The summed E-state index contributed by atoms with van der Waals surface area (Å²) in [5.74, 6) is 0.541. The lowest BCUT2D eigenvalue weighted by Gasteiger charge is -2.12. The molecule has 4 nitrogen and oxygen atoms in total. The second kappa shape index (κ2) is 6.61. The van der Waals surface area contributed by atoms with Gasteiger partial charge in [-0.25, -0.2) is 0 Å². The number of hydrogen-bond acceptors (Lipinski definition) is 3. The van der Waals surface area contributed by atoms with Gasteiger partial charge < -0.3 is 4.74 Å². The third kappa shape index (κ3) is 3.75. The minimum absolute atomic E-state index is 0.0223. The predicted molar refractivity (Wildman–Crippen MR) is 79.6 cm³/mol. The number of nitrogens with one attached hydrogen (secondary N) is 2. The number of amides is 1. The van der Waals surface area contributed by atoms with Crippen molar-refractivity contribution in [3.63, 3.8) is 0 Å². The zero-order chi connectivity index (χ0) is 14.4. The van der Waals surface area contributed by atoms with Gasteiger partial charge in [-0.05, 0) is 37.1 Å². The van der Waals surface area contributed by atoms with Crippen LogP contribution in [0.5, 0.6) is 5.75 Å². The van der Waals surface area contributed by atoms with E-state index in [1.165, 1.54) is 0 Å². The number of aryl methyl sites for hydroxylation is 2. The van der Waals surface area contributed by atoms with Crippen LogP contribution in [0.4, 0.5) is 5.69 Å². The highest BCUT2D eigenvalue weighted by atomic mass is 16.5. The van der Waals surface area contributed by atoms with E-state index in [0.29, 0.717) is 0 Å². The Hall–Kier alpha value is -2.49. The van der Waals surface area contributed by atoms with Crippen LogP contribution in [0.15, 0.2) is 48.5 Å². The number of anilines is 1. The maximum atomic E-state index is 11.7. The lowest BCUT2D eigenvalue weighted by atomic mass is 10.1. The van der Waals surface area contributed by atoms with Gasteiger partial charge in [-0.3, -0.25) is 15.6 Å². The smallest absolute Gasteiger partial charge is 0.276 e. The number of ether oxygens (including phenoxy) is 1. The Balaban J connectivity index is 1.84. The van der Waals surface area contributed by atoms with E-state index >= 15 is 0 Å². The molecule has 0 bridgehead atoms. The van der Waals surface area contributed by atoms with Crippen molar-refractivity contribution in [2.75, 3.05) is 12.0 Å². The van der Waals surface area contributed by atoms with Gasteiger partial charge in [0, 0.05) is 0 Å². The molecule has 1 amide bonds. The van der Waals surface area contributed by atoms with Crippen LogP contribution in [0, 0.1) is 13.8 Å². The zero-order valence-electron chi connectivity index (χ0n) is 11.6. The van der Waals surface area contributed by atoms with Gasteiger partial charge in [0.1, 0.15) is 5.75 Å². The SMILES string of the molecule is Cc1cccc(C)c1OCC(=O)NNc1ccccc1. The molecule has 0 heterocycles. The topological polar surface area (TPSA) is 50.4 Å². The molecule has 0 aliphatic carbocycles. The summed E-state index contributed by atoms with van der Waals surface area (Å²) in [5, 5.41) is 0. The average Bonchev–Trinajstić information content (AvgIpc) is 2.46. The molecule has 0 atom stereocenters. The van der Waals surface area contributed by atoms with Gasteiger partial charge in [0.05, 0.1) is 5.69 Å². The fraction of sp³-hybridized carbons (Fsp3) is 0.188. The van der Waals surface area contributed by atoms with E-state index in [2.05, 4.69) is 10.9 Å². The van der Waals surface area contributed by atoms with Gasteiger partial charge in [0.15, 0.2) is 6.61 Å². The lowest BCUT2D eigenvalue weighted by molar-refractivity contribution is -0.122. The maximum absolute atomic E-state index is 11.7. The van der Waals surface area contributed by atoms with Crippen molar-refractivity contribution in [1.82, 2.24) is 5.43 Å². The van der Waals surface area contributed by atoms with Crippen molar-refractivity contribution in [3.8, 4) is 5.75 Å². The van der Waals surface area contributed by atoms with Crippen molar-refractivity contribution in [1.29, 1.82) is 0 Å². The van der Waals surface area contributed by atoms with E-state index in [9.17, 15) is 4.79 Å². The first-order valence-corrected chi connectivity index (χ1v) is 6.46. The minimum atomic E-state index is -0.225. The quantitative estimate of drug-likeness (QED) is 0.821. The first-order valence-electron chi connectivity index (χ1n) is 6.46. The predicted octanol–water partition coefficient (Wildman–Crippen LogP) is 2.83. The molecule has 104 valence electrons. The molecule has 0 saturated carbocycles. The molecule has 0 unspecified atom stereocenters. The Labute approximate surface area is 118 Å².